The number of nitrogens with zero attached hydrogens (tertiary/aromatic N) is 4. The lowest BCUT2D eigenvalue weighted by Gasteiger charge is -2.42. The lowest BCUT2D eigenvalue weighted by molar-refractivity contribution is -0.917. The van der Waals surface area contributed by atoms with E-state index in [1.165, 1.54) is 53.9 Å². The van der Waals surface area contributed by atoms with Crippen molar-refractivity contribution < 1.29 is 36.1 Å². The van der Waals surface area contributed by atoms with E-state index in [1.807, 2.05) is 4.90 Å². The van der Waals surface area contributed by atoms with Crippen LogP contribution >= 0.6 is 12.4 Å². The number of hydrogen-bond acceptors (Lipinski definition) is 5. The van der Waals surface area contributed by atoms with Crippen LogP contribution in [0.1, 0.15) is 23.2 Å². The Morgan fingerprint density at radius 1 is 1.06 bits per heavy atom. The molecule has 2 aliphatic heterocycles. The van der Waals surface area contributed by atoms with Crippen LogP contribution in [0.2, 0.25) is 0 Å². The van der Waals surface area contributed by atoms with Gasteiger partial charge in [0.05, 0.1) is 55.1 Å². The van der Waals surface area contributed by atoms with Crippen molar-refractivity contribution in [2.75, 3.05) is 44.2 Å². The maximum absolute atomic E-state index is 13.5. The zero-order valence-corrected chi connectivity index (χ0v) is 20.8. The number of carbonyl (C=O) groups is 1. The highest BCUT2D eigenvalue weighted by atomic mass is 35.5. The fourth-order valence-corrected chi connectivity index (χ4v) is 5.30. The number of nitro groups is 1. The molecule has 0 bridgehead atoms. The van der Waals surface area contributed by atoms with Gasteiger partial charge in [0.2, 0.25) is 5.43 Å². The number of halogens is 3. The van der Waals surface area contributed by atoms with E-state index in [2.05, 4.69) is 0 Å². The van der Waals surface area contributed by atoms with Crippen molar-refractivity contribution in [3.8, 4) is 5.69 Å². The first-order valence-electron chi connectivity index (χ1n) is 11.3. The number of aromatic nitrogens is 1. The largest absolute Gasteiger partial charge is 1.00 e. The van der Waals surface area contributed by atoms with Crippen LogP contribution in [0.4, 0.5) is 15.8 Å². The topological polar surface area (TPSA) is 106 Å². The molecule has 9 nitrogen and oxygen atoms in total. The number of piperazine rings is 1. The lowest BCUT2D eigenvalue weighted by atomic mass is 10.1. The molecule has 0 amide bonds. The van der Waals surface area contributed by atoms with Crippen molar-refractivity contribution >= 4 is 40.7 Å². The zero-order chi connectivity index (χ0) is 24.0. The van der Waals surface area contributed by atoms with Crippen molar-refractivity contribution in [3.63, 3.8) is 0 Å². The van der Waals surface area contributed by atoms with E-state index in [1.54, 1.807) is 6.07 Å². The quantitative estimate of drug-likeness (QED) is 0.296. The molecule has 0 radical (unpaired) electrons. The van der Waals surface area contributed by atoms with Crippen LogP contribution in [0.15, 0.2) is 47.4 Å². The van der Waals surface area contributed by atoms with Crippen molar-refractivity contribution in [1.29, 1.82) is 0 Å². The number of aromatic carboxylic acids is 1. The second-order valence-corrected chi connectivity index (χ2v) is 9.07. The second-order valence-electron chi connectivity index (χ2n) is 9.07. The third kappa shape index (κ3) is 4.76. The van der Waals surface area contributed by atoms with Gasteiger partial charge < -0.3 is 31.5 Å². The summed E-state index contributed by atoms with van der Waals surface area (Å²) >= 11 is 0. The summed E-state index contributed by atoms with van der Waals surface area (Å²) in [5, 5.41) is 21.5. The van der Waals surface area contributed by atoms with Gasteiger partial charge in [-0.3, -0.25) is 14.9 Å². The first-order valence-corrected chi connectivity index (χ1v) is 11.3. The molecule has 1 aromatic heterocycles. The molecule has 1 N–H and O–H groups in total. The predicted octanol–water partition coefficient (Wildman–Crippen LogP) is 0.593. The van der Waals surface area contributed by atoms with Crippen LogP contribution in [0, 0.1) is 15.9 Å². The van der Waals surface area contributed by atoms with Gasteiger partial charge in [0, 0.05) is 30.8 Å². The summed E-state index contributed by atoms with van der Waals surface area (Å²) in [6.07, 6.45) is 3.59. The van der Waals surface area contributed by atoms with Gasteiger partial charge in [-0.15, -0.1) is 12.4 Å². The van der Waals surface area contributed by atoms with E-state index in [0.29, 0.717) is 30.0 Å². The summed E-state index contributed by atoms with van der Waals surface area (Å²) < 4.78 is 16.0. The Morgan fingerprint density at radius 3 is 2.22 bits per heavy atom. The standard InChI is InChI=1S/C24H23FN4O5.2ClH/c25-16-3-5-17(6-4-16)27-15-19(24(31)32)23(30)18-13-22(28(33)34)21(14-20(18)27)26-7-11-29(12-8-26)9-1-2-10-29;;/h3-6,13-15H,1-2,7-12H2;2*1H. The van der Waals surface area contributed by atoms with Crippen LogP contribution in [-0.2, 0) is 0 Å². The van der Waals surface area contributed by atoms with Crippen LogP contribution in [0.5, 0.6) is 0 Å². The van der Waals surface area contributed by atoms with Gasteiger partial charge in [0.1, 0.15) is 17.1 Å². The van der Waals surface area contributed by atoms with Crippen LogP contribution in [0.25, 0.3) is 16.6 Å². The molecular weight excluding hydrogens is 514 g/mol. The number of quaternary nitrogens is 1. The van der Waals surface area contributed by atoms with Gasteiger partial charge in [-0.1, -0.05) is 0 Å². The normalized spacial score (nSPS) is 16.4. The molecule has 12 heteroatoms. The second kappa shape index (κ2) is 10.4. The Hall–Kier alpha value is -3.21. The molecule has 2 saturated heterocycles. The highest BCUT2D eigenvalue weighted by Gasteiger charge is 2.37. The fraction of sp³-hybridized carbons (Fsp3) is 0.333. The number of pyridine rings is 1. The van der Waals surface area contributed by atoms with Gasteiger partial charge in [-0.05, 0) is 30.3 Å². The summed E-state index contributed by atoms with van der Waals surface area (Å²) in [7, 11) is 0. The van der Waals surface area contributed by atoms with Gasteiger partial charge in [0.15, 0.2) is 0 Å². The number of fused-ring (bicyclic) bond motifs is 1. The van der Waals surface area contributed by atoms with Crippen LogP contribution in [-0.4, -0.2) is 64.3 Å². The summed E-state index contributed by atoms with van der Waals surface area (Å²) in [5.74, 6) is -1.90. The number of carboxylic acid groups (broad SMARTS) is 1. The molecule has 3 heterocycles. The maximum Gasteiger partial charge on any atom is 0.341 e. The number of nitro benzene ring substituents is 1. The number of benzene rings is 2. The molecule has 0 aliphatic carbocycles. The zero-order valence-electron chi connectivity index (χ0n) is 19.2. The van der Waals surface area contributed by atoms with E-state index in [0.717, 1.165) is 30.7 Å². The Morgan fingerprint density at radius 2 is 1.67 bits per heavy atom. The molecule has 5 rings (SSSR count). The molecule has 2 fully saturated rings. The Balaban J connectivity index is 0.00000180. The Bertz CT molecular complexity index is 1360. The SMILES string of the molecule is Cl.O=C(O)c1cn(-c2ccc(F)cc2)c2cc(N3CC[N+]4(CCCC4)CC3)c([N+](=O)[O-])cc2c1=O.[Cl-]. The van der Waals surface area contributed by atoms with E-state index in [-0.39, 0.29) is 35.9 Å². The average molecular weight is 539 g/mol. The van der Waals surface area contributed by atoms with E-state index < -0.39 is 27.7 Å². The lowest BCUT2D eigenvalue weighted by Crippen LogP contribution is -3.00. The highest BCUT2D eigenvalue weighted by Crippen LogP contribution is 2.35. The van der Waals surface area contributed by atoms with Crippen LogP contribution in [0.3, 0.4) is 0 Å². The van der Waals surface area contributed by atoms with E-state index in [9.17, 15) is 29.2 Å². The first kappa shape index (κ1) is 27.4. The molecule has 0 unspecified atom stereocenters. The number of carboxylic acids is 1. The van der Waals surface area contributed by atoms with Crippen molar-refractivity contribution in [2.45, 2.75) is 12.8 Å². The molecule has 0 saturated carbocycles. The monoisotopic (exact) mass is 538 g/mol. The Labute approximate surface area is 218 Å². The summed E-state index contributed by atoms with van der Waals surface area (Å²) in [6, 6.07) is 8.16. The molecule has 1 spiro atoms. The van der Waals surface area contributed by atoms with Crippen molar-refractivity contribution in [3.05, 3.63) is 74.3 Å². The Kier molecular flexibility index (Phi) is 7.92. The summed E-state index contributed by atoms with van der Waals surface area (Å²) in [6.45, 7) is 5.38. The molecule has 192 valence electrons. The van der Waals surface area contributed by atoms with Crippen LogP contribution < -0.4 is 22.7 Å². The van der Waals surface area contributed by atoms with E-state index >= 15 is 0 Å². The smallest absolute Gasteiger partial charge is 0.341 e. The number of hydrogen-bond donors (Lipinski definition) is 1. The third-order valence-corrected chi connectivity index (χ3v) is 7.18. The number of anilines is 1. The molecule has 3 aromatic rings. The van der Waals surface area contributed by atoms with Gasteiger partial charge >= 0.3 is 5.97 Å². The van der Waals surface area contributed by atoms with E-state index in [4.69, 9.17) is 0 Å². The molecule has 36 heavy (non-hydrogen) atoms. The fourth-order valence-electron chi connectivity index (χ4n) is 5.30. The minimum Gasteiger partial charge on any atom is -1.00 e. The molecule has 2 aromatic carbocycles. The van der Waals surface area contributed by atoms with Gasteiger partial charge in [0.25, 0.3) is 5.69 Å². The minimum atomic E-state index is -1.44. The molecule has 0 atom stereocenters. The van der Waals surface area contributed by atoms with Crippen molar-refractivity contribution in [1.82, 2.24) is 4.57 Å². The average Bonchev–Trinajstić information content (AvgIpc) is 3.27. The first-order chi connectivity index (χ1) is 16.3. The van der Waals surface area contributed by atoms with Crippen molar-refractivity contribution in [2.24, 2.45) is 0 Å². The minimum absolute atomic E-state index is 0. The molecular formula is C24H25Cl2FN4O5. The molecule has 2 aliphatic rings. The van der Waals surface area contributed by atoms with Gasteiger partial charge in [-0.2, -0.15) is 0 Å². The van der Waals surface area contributed by atoms with Gasteiger partial charge in [-0.25, -0.2) is 9.18 Å². The summed E-state index contributed by atoms with van der Waals surface area (Å²) in [5.41, 5.74) is -0.375. The highest BCUT2D eigenvalue weighted by molar-refractivity contribution is 5.96. The predicted molar refractivity (Wildman–Crippen MR) is 132 cm³/mol. The third-order valence-electron chi connectivity index (χ3n) is 7.18. The maximum atomic E-state index is 13.5. The number of rotatable bonds is 4. The summed E-state index contributed by atoms with van der Waals surface area (Å²) in [4.78, 5) is 38.1.